The second kappa shape index (κ2) is 10.4. The molecule has 0 fully saturated rings. The smallest absolute Gasteiger partial charge is 0.166 e. The molecule has 0 amide bonds. The summed E-state index contributed by atoms with van der Waals surface area (Å²) in [6.45, 7) is 4.80. The van der Waals surface area contributed by atoms with Crippen LogP contribution in [0, 0.1) is 0 Å². The molecule has 0 heterocycles. The summed E-state index contributed by atoms with van der Waals surface area (Å²) in [6.07, 6.45) is 1.01. The Bertz CT molecular complexity index is 803. The van der Waals surface area contributed by atoms with Crippen molar-refractivity contribution >= 4 is 0 Å². The summed E-state index contributed by atoms with van der Waals surface area (Å²) >= 11 is 0. The van der Waals surface area contributed by atoms with E-state index in [0.717, 1.165) is 42.1 Å². The maximum atomic E-state index is 6.16. The fraction of sp³-hybridized carbons (Fsp3) is 0.250. The summed E-state index contributed by atoms with van der Waals surface area (Å²) in [5.74, 6) is 1.63. The van der Waals surface area contributed by atoms with Gasteiger partial charge >= 0.3 is 0 Å². The lowest BCUT2D eigenvalue weighted by Gasteiger charge is -2.16. The molecule has 0 spiro atoms. The third kappa shape index (κ3) is 5.87. The Labute approximate surface area is 162 Å². The lowest BCUT2D eigenvalue weighted by Crippen LogP contribution is -2.17. The van der Waals surface area contributed by atoms with Gasteiger partial charge in [0.1, 0.15) is 6.61 Å². The van der Waals surface area contributed by atoms with Crippen LogP contribution in [0.5, 0.6) is 11.5 Å². The van der Waals surface area contributed by atoms with Gasteiger partial charge in [0.25, 0.3) is 0 Å². The fourth-order valence-electron chi connectivity index (χ4n) is 2.96. The van der Waals surface area contributed by atoms with Gasteiger partial charge in [-0.2, -0.15) is 0 Å². The highest BCUT2D eigenvalue weighted by Gasteiger charge is 2.11. The zero-order valence-corrected chi connectivity index (χ0v) is 15.9. The number of hydrogen-bond donors (Lipinski definition) is 1. The molecule has 3 aromatic carbocycles. The maximum Gasteiger partial charge on any atom is 0.166 e. The molecule has 1 N–H and O–H groups in total. The standard InChI is InChI=1S/C24H27NO2/c1-2-26-23-15-9-14-22(18-25-17-16-20-10-5-3-6-11-20)24(23)27-19-21-12-7-4-8-13-21/h3-15,25H,2,16-19H2,1H3. The summed E-state index contributed by atoms with van der Waals surface area (Å²) in [5, 5.41) is 3.52. The molecule has 3 heteroatoms. The second-order valence-corrected chi connectivity index (χ2v) is 6.36. The van der Waals surface area contributed by atoms with Crippen LogP contribution in [0.1, 0.15) is 23.6 Å². The minimum absolute atomic E-state index is 0.530. The average Bonchev–Trinajstić information content (AvgIpc) is 2.72. The third-order valence-electron chi connectivity index (χ3n) is 4.34. The van der Waals surface area contributed by atoms with Crippen molar-refractivity contribution in [1.29, 1.82) is 0 Å². The van der Waals surface area contributed by atoms with Crippen LogP contribution in [0.2, 0.25) is 0 Å². The second-order valence-electron chi connectivity index (χ2n) is 6.36. The predicted octanol–water partition coefficient (Wildman–Crippen LogP) is 5.00. The lowest BCUT2D eigenvalue weighted by atomic mass is 10.1. The van der Waals surface area contributed by atoms with E-state index in [1.807, 2.05) is 43.3 Å². The number of benzene rings is 3. The van der Waals surface area contributed by atoms with Crippen LogP contribution in [-0.4, -0.2) is 13.2 Å². The number of ether oxygens (including phenoxy) is 2. The number of hydrogen-bond acceptors (Lipinski definition) is 3. The van der Waals surface area contributed by atoms with Crippen LogP contribution >= 0.6 is 0 Å². The van der Waals surface area contributed by atoms with Gasteiger partial charge in [-0.05, 0) is 37.1 Å². The van der Waals surface area contributed by atoms with Crippen molar-refractivity contribution in [3.05, 3.63) is 95.6 Å². The van der Waals surface area contributed by atoms with Crippen LogP contribution in [0.15, 0.2) is 78.9 Å². The van der Waals surface area contributed by atoms with Crippen molar-refractivity contribution in [3.8, 4) is 11.5 Å². The highest BCUT2D eigenvalue weighted by molar-refractivity contribution is 5.46. The molecule has 3 aromatic rings. The predicted molar refractivity (Wildman–Crippen MR) is 110 cm³/mol. The molecule has 0 aromatic heterocycles. The number of nitrogens with one attached hydrogen (secondary N) is 1. The molecule has 3 nitrogen and oxygen atoms in total. The Balaban J connectivity index is 1.63. The van der Waals surface area contributed by atoms with Gasteiger partial charge in [0.15, 0.2) is 11.5 Å². The van der Waals surface area contributed by atoms with E-state index in [0.29, 0.717) is 13.2 Å². The third-order valence-corrected chi connectivity index (χ3v) is 4.34. The molecule has 0 saturated heterocycles. The fourth-order valence-corrected chi connectivity index (χ4v) is 2.96. The van der Waals surface area contributed by atoms with Gasteiger partial charge in [0.05, 0.1) is 6.61 Å². The van der Waals surface area contributed by atoms with E-state index in [2.05, 4.69) is 47.8 Å². The normalized spacial score (nSPS) is 10.6. The number of para-hydroxylation sites is 1. The van der Waals surface area contributed by atoms with Crippen LogP contribution < -0.4 is 14.8 Å². The summed E-state index contributed by atoms with van der Waals surface area (Å²) in [4.78, 5) is 0. The van der Waals surface area contributed by atoms with E-state index in [1.165, 1.54) is 5.56 Å². The van der Waals surface area contributed by atoms with Crippen LogP contribution in [0.3, 0.4) is 0 Å². The molecule has 0 unspecified atom stereocenters. The van der Waals surface area contributed by atoms with Crippen molar-refractivity contribution < 1.29 is 9.47 Å². The van der Waals surface area contributed by atoms with Crippen molar-refractivity contribution in [3.63, 3.8) is 0 Å². The van der Waals surface area contributed by atoms with Gasteiger partial charge in [-0.25, -0.2) is 0 Å². The molecule has 3 rings (SSSR count). The molecule has 0 aliphatic carbocycles. The van der Waals surface area contributed by atoms with E-state index in [4.69, 9.17) is 9.47 Å². The Morgan fingerprint density at radius 1 is 0.741 bits per heavy atom. The largest absolute Gasteiger partial charge is 0.490 e. The summed E-state index contributed by atoms with van der Waals surface area (Å²) in [7, 11) is 0. The van der Waals surface area contributed by atoms with Gasteiger partial charge in [-0.15, -0.1) is 0 Å². The van der Waals surface area contributed by atoms with Crippen molar-refractivity contribution in [1.82, 2.24) is 5.32 Å². The van der Waals surface area contributed by atoms with Gasteiger partial charge in [-0.3, -0.25) is 0 Å². The van der Waals surface area contributed by atoms with Crippen molar-refractivity contribution in [2.24, 2.45) is 0 Å². The molecular weight excluding hydrogens is 334 g/mol. The first kappa shape index (κ1) is 19.0. The van der Waals surface area contributed by atoms with Gasteiger partial charge in [-0.1, -0.05) is 72.8 Å². The monoisotopic (exact) mass is 361 g/mol. The molecule has 0 atom stereocenters. The van der Waals surface area contributed by atoms with E-state index >= 15 is 0 Å². The molecule has 140 valence electrons. The maximum absolute atomic E-state index is 6.16. The van der Waals surface area contributed by atoms with Crippen molar-refractivity contribution in [2.45, 2.75) is 26.5 Å². The first-order valence-electron chi connectivity index (χ1n) is 9.53. The van der Waals surface area contributed by atoms with Crippen LogP contribution in [0.25, 0.3) is 0 Å². The average molecular weight is 361 g/mol. The Hall–Kier alpha value is -2.78. The highest BCUT2D eigenvalue weighted by Crippen LogP contribution is 2.32. The molecule has 0 aliphatic rings. The molecule has 0 bridgehead atoms. The topological polar surface area (TPSA) is 30.5 Å². The molecular formula is C24H27NO2. The summed E-state index contributed by atoms with van der Waals surface area (Å²) in [6, 6.07) is 26.8. The first-order valence-corrected chi connectivity index (χ1v) is 9.53. The Morgan fingerprint density at radius 2 is 1.44 bits per heavy atom. The zero-order valence-electron chi connectivity index (χ0n) is 15.9. The van der Waals surface area contributed by atoms with E-state index in [1.54, 1.807) is 0 Å². The van der Waals surface area contributed by atoms with Gasteiger partial charge in [0.2, 0.25) is 0 Å². The van der Waals surface area contributed by atoms with E-state index in [9.17, 15) is 0 Å². The molecule has 0 aliphatic heterocycles. The van der Waals surface area contributed by atoms with Crippen LogP contribution in [0.4, 0.5) is 0 Å². The van der Waals surface area contributed by atoms with E-state index < -0.39 is 0 Å². The molecule has 0 saturated carbocycles. The minimum Gasteiger partial charge on any atom is -0.490 e. The number of rotatable bonds is 10. The summed E-state index contributed by atoms with van der Waals surface area (Å²) in [5.41, 5.74) is 3.60. The van der Waals surface area contributed by atoms with E-state index in [-0.39, 0.29) is 0 Å². The minimum atomic E-state index is 0.530. The Morgan fingerprint density at radius 3 is 2.15 bits per heavy atom. The molecule has 0 radical (unpaired) electrons. The molecule has 27 heavy (non-hydrogen) atoms. The Kier molecular flexibility index (Phi) is 7.31. The zero-order chi connectivity index (χ0) is 18.7. The highest BCUT2D eigenvalue weighted by atomic mass is 16.5. The van der Waals surface area contributed by atoms with Gasteiger partial charge < -0.3 is 14.8 Å². The quantitative estimate of drug-likeness (QED) is 0.516. The lowest BCUT2D eigenvalue weighted by molar-refractivity contribution is 0.266. The van der Waals surface area contributed by atoms with Crippen molar-refractivity contribution in [2.75, 3.05) is 13.2 Å². The SMILES string of the molecule is CCOc1cccc(CNCCc2ccccc2)c1OCc1ccccc1. The first-order chi connectivity index (χ1) is 13.4. The van der Waals surface area contributed by atoms with Crippen LogP contribution in [-0.2, 0) is 19.6 Å². The van der Waals surface area contributed by atoms with Gasteiger partial charge in [0, 0.05) is 12.1 Å². The summed E-state index contributed by atoms with van der Waals surface area (Å²) < 4.78 is 11.9.